The van der Waals surface area contributed by atoms with Crippen molar-refractivity contribution < 1.29 is 17.9 Å². The Morgan fingerprint density at radius 3 is 2.85 bits per heavy atom. The summed E-state index contributed by atoms with van der Waals surface area (Å²) in [5, 5.41) is 8.89. The summed E-state index contributed by atoms with van der Waals surface area (Å²) in [4.78, 5) is 12.2. The Kier molecular flexibility index (Phi) is 5.35. The van der Waals surface area contributed by atoms with Gasteiger partial charge < -0.3 is 4.74 Å². The lowest BCUT2D eigenvalue weighted by Gasteiger charge is -2.25. The van der Waals surface area contributed by atoms with Crippen LogP contribution in [0.4, 0.5) is 0 Å². The number of nitrogens with one attached hydrogen (secondary N) is 1. The Labute approximate surface area is 152 Å². The van der Waals surface area contributed by atoms with Crippen molar-refractivity contribution in [3.63, 3.8) is 0 Å². The zero-order valence-corrected chi connectivity index (χ0v) is 14.8. The first-order valence-corrected chi connectivity index (χ1v) is 9.84. The number of fused-ring (bicyclic) bond motifs is 1. The number of benzene rings is 2. The number of hydrogen-bond donors (Lipinski definition) is 1. The molecule has 1 amide bonds. The van der Waals surface area contributed by atoms with E-state index in [9.17, 15) is 13.2 Å². The average Bonchev–Trinajstić information content (AvgIpc) is 2.61. The lowest BCUT2D eigenvalue weighted by Crippen LogP contribution is -2.33. The van der Waals surface area contributed by atoms with E-state index in [1.807, 2.05) is 30.3 Å². The molecule has 1 aliphatic heterocycles. The number of hydrogen-bond acceptors (Lipinski definition) is 5. The average molecular weight is 370 g/mol. The highest BCUT2D eigenvalue weighted by Crippen LogP contribution is 2.29. The summed E-state index contributed by atoms with van der Waals surface area (Å²) in [6, 6.07) is 15.9. The van der Waals surface area contributed by atoms with Crippen LogP contribution in [0.3, 0.4) is 0 Å². The number of rotatable bonds is 5. The van der Waals surface area contributed by atoms with Crippen LogP contribution in [0.5, 0.6) is 0 Å². The topological polar surface area (TPSA) is 96.3 Å². The molecule has 3 rings (SSSR count). The van der Waals surface area contributed by atoms with E-state index in [2.05, 4.69) is 4.72 Å². The molecule has 1 heterocycles. The molecule has 134 valence electrons. The van der Waals surface area contributed by atoms with Gasteiger partial charge in [0.25, 0.3) is 0 Å². The van der Waals surface area contributed by atoms with Gasteiger partial charge in [-0.25, -0.2) is 8.42 Å². The molecule has 0 saturated carbocycles. The summed E-state index contributed by atoms with van der Waals surface area (Å²) in [5.41, 5.74) is 2.86. The van der Waals surface area contributed by atoms with Crippen LogP contribution in [0.2, 0.25) is 0 Å². The Hall–Kier alpha value is -2.69. The Bertz CT molecular complexity index is 963. The molecule has 1 N–H and O–H groups in total. The largest absolute Gasteiger partial charge is 0.373 e. The monoisotopic (exact) mass is 370 g/mol. The molecular formula is C19H18N2O4S. The van der Waals surface area contributed by atoms with Crippen LogP contribution in [0.15, 0.2) is 48.5 Å². The third kappa shape index (κ3) is 4.48. The highest BCUT2D eigenvalue weighted by molar-refractivity contribution is 7.89. The number of carbonyl (C=O) groups excluding carboxylic acids is 1. The Balaban J connectivity index is 1.65. The van der Waals surface area contributed by atoms with Gasteiger partial charge in [0.2, 0.25) is 15.9 Å². The quantitative estimate of drug-likeness (QED) is 0.870. The van der Waals surface area contributed by atoms with E-state index in [1.165, 1.54) is 6.07 Å². The first-order chi connectivity index (χ1) is 12.5. The van der Waals surface area contributed by atoms with Crippen molar-refractivity contribution >= 4 is 15.9 Å². The van der Waals surface area contributed by atoms with Crippen LogP contribution in [0.25, 0.3) is 0 Å². The fourth-order valence-corrected chi connectivity index (χ4v) is 4.14. The molecule has 0 aromatic heterocycles. The molecule has 0 saturated heterocycles. The lowest BCUT2D eigenvalue weighted by molar-refractivity contribution is -0.122. The molecule has 0 aliphatic carbocycles. The number of ether oxygens (including phenoxy) is 1. The van der Waals surface area contributed by atoms with Gasteiger partial charge in [0.15, 0.2) is 0 Å². The predicted molar refractivity (Wildman–Crippen MR) is 95.4 cm³/mol. The molecule has 6 nitrogen and oxygen atoms in total. The van der Waals surface area contributed by atoms with Gasteiger partial charge in [-0.1, -0.05) is 36.4 Å². The fourth-order valence-electron chi connectivity index (χ4n) is 3.02. The van der Waals surface area contributed by atoms with Gasteiger partial charge >= 0.3 is 0 Å². The third-order valence-corrected chi connectivity index (χ3v) is 5.40. The summed E-state index contributed by atoms with van der Waals surface area (Å²) in [6.45, 7) is 0.503. The van der Waals surface area contributed by atoms with Crippen molar-refractivity contribution in [3.05, 3.63) is 70.8 Å². The molecule has 1 atom stereocenters. The fraction of sp³-hybridized carbons (Fsp3) is 0.263. The number of carbonyl (C=O) groups is 1. The molecule has 0 fully saturated rings. The maximum atomic E-state index is 12.2. The highest BCUT2D eigenvalue weighted by Gasteiger charge is 2.25. The number of nitrogens with zero attached hydrogens (tertiary/aromatic N) is 1. The van der Waals surface area contributed by atoms with E-state index < -0.39 is 22.0 Å². The zero-order chi connectivity index (χ0) is 18.6. The second-order valence-corrected chi connectivity index (χ2v) is 7.83. The van der Waals surface area contributed by atoms with Gasteiger partial charge in [0.1, 0.15) is 0 Å². The first kappa shape index (κ1) is 18.1. The van der Waals surface area contributed by atoms with Gasteiger partial charge in [-0.2, -0.15) is 5.26 Å². The minimum Gasteiger partial charge on any atom is -0.373 e. The minimum atomic E-state index is -3.85. The van der Waals surface area contributed by atoms with Crippen LogP contribution in [0.1, 0.15) is 34.8 Å². The predicted octanol–water partition coefficient (Wildman–Crippen LogP) is 2.21. The van der Waals surface area contributed by atoms with E-state index >= 15 is 0 Å². The molecule has 0 spiro atoms. The van der Waals surface area contributed by atoms with Crippen molar-refractivity contribution in [2.24, 2.45) is 0 Å². The maximum Gasteiger partial charge on any atom is 0.239 e. The first-order valence-electron chi connectivity index (χ1n) is 8.18. The molecule has 7 heteroatoms. The van der Waals surface area contributed by atoms with E-state index in [0.29, 0.717) is 17.7 Å². The normalized spacial score (nSPS) is 16.3. The van der Waals surface area contributed by atoms with E-state index in [1.54, 1.807) is 18.2 Å². The summed E-state index contributed by atoms with van der Waals surface area (Å²) in [5.74, 6) is -0.973. The number of nitriles is 1. The smallest absolute Gasteiger partial charge is 0.239 e. The zero-order valence-electron chi connectivity index (χ0n) is 14.0. The Morgan fingerprint density at radius 2 is 2.04 bits per heavy atom. The van der Waals surface area contributed by atoms with Crippen LogP contribution in [-0.2, 0) is 31.7 Å². The van der Waals surface area contributed by atoms with Crippen molar-refractivity contribution in [2.75, 3.05) is 6.61 Å². The second kappa shape index (κ2) is 7.68. The molecule has 26 heavy (non-hydrogen) atoms. The standard InChI is InChI=1S/C19H18N2O4S/c20-12-14-4-3-5-15(10-14)13-26(23,24)21-19(22)11-18-17-7-2-1-6-16(17)8-9-25-18/h1-7,10,18H,8-9,11,13H2,(H,21,22)/t18-/m1/s1. The van der Waals surface area contributed by atoms with Crippen molar-refractivity contribution in [1.82, 2.24) is 4.72 Å². The van der Waals surface area contributed by atoms with E-state index in [4.69, 9.17) is 10.00 Å². The lowest BCUT2D eigenvalue weighted by atomic mass is 9.96. The van der Waals surface area contributed by atoms with Crippen LogP contribution in [0, 0.1) is 11.3 Å². The summed E-state index contributed by atoms with van der Waals surface area (Å²) in [6.07, 6.45) is 0.271. The van der Waals surface area contributed by atoms with Crippen LogP contribution >= 0.6 is 0 Å². The maximum absolute atomic E-state index is 12.2. The van der Waals surface area contributed by atoms with Crippen molar-refractivity contribution in [1.29, 1.82) is 5.26 Å². The van der Waals surface area contributed by atoms with Gasteiger partial charge in [0, 0.05) is 0 Å². The van der Waals surface area contributed by atoms with E-state index in [0.717, 1.165) is 17.5 Å². The Morgan fingerprint density at radius 1 is 1.23 bits per heavy atom. The minimum absolute atomic E-state index is 0.0610. The second-order valence-electron chi connectivity index (χ2n) is 6.11. The molecule has 0 bridgehead atoms. The molecule has 0 unspecified atom stereocenters. The van der Waals surface area contributed by atoms with E-state index in [-0.39, 0.29) is 12.2 Å². The van der Waals surface area contributed by atoms with Gasteiger partial charge in [-0.15, -0.1) is 0 Å². The molecule has 0 radical (unpaired) electrons. The molecule has 2 aromatic rings. The number of amides is 1. The van der Waals surface area contributed by atoms with Crippen molar-refractivity contribution in [2.45, 2.75) is 24.7 Å². The molecule has 2 aromatic carbocycles. The van der Waals surface area contributed by atoms with Gasteiger partial charge in [-0.3, -0.25) is 9.52 Å². The summed E-state index contributed by atoms with van der Waals surface area (Å²) in [7, 11) is -3.85. The summed E-state index contributed by atoms with van der Waals surface area (Å²) < 4.78 is 32.2. The third-order valence-electron chi connectivity index (χ3n) is 4.15. The van der Waals surface area contributed by atoms with Crippen LogP contribution in [-0.4, -0.2) is 20.9 Å². The van der Waals surface area contributed by atoms with Gasteiger partial charge in [-0.05, 0) is 35.2 Å². The molecule has 1 aliphatic rings. The SMILES string of the molecule is N#Cc1cccc(CS(=O)(=O)NC(=O)C[C@H]2OCCc3ccccc32)c1. The highest BCUT2D eigenvalue weighted by atomic mass is 32.2. The van der Waals surface area contributed by atoms with Crippen molar-refractivity contribution in [3.8, 4) is 6.07 Å². The molecular weight excluding hydrogens is 352 g/mol. The summed E-state index contributed by atoms with van der Waals surface area (Å²) >= 11 is 0. The van der Waals surface area contributed by atoms with Crippen LogP contribution < -0.4 is 4.72 Å². The van der Waals surface area contributed by atoms with Gasteiger partial charge in [0.05, 0.1) is 36.5 Å². The number of sulfonamides is 1.